The lowest BCUT2D eigenvalue weighted by molar-refractivity contribution is 0.993. The van der Waals surface area contributed by atoms with Crippen LogP contribution in [0.3, 0.4) is 0 Å². The van der Waals surface area contributed by atoms with Crippen molar-refractivity contribution in [3.05, 3.63) is 41.5 Å². The summed E-state index contributed by atoms with van der Waals surface area (Å²) in [5.74, 6) is 0.806. The van der Waals surface area contributed by atoms with Crippen molar-refractivity contribution >= 4 is 11.6 Å². The minimum Gasteiger partial charge on any atom is -0.368 e. The van der Waals surface area contributed by atoms with Crippen LogP contribution in [0, 0.1) is 22.7 Å². The number of benzene rings is 1. The number of anilines is 2. The van der Waals surface area contributed by atoms with Gasteiger partial charge in [0, 0.05) is 31.7 Å². The third-order valence-corrected chi connectivity index (χ3v) is 3.36. The summed E-state index contributed by atoms with van der Waals surface area (Å²) in [7, 11) is 0. The Balaban J connectivity index is 2.72. The SMILES string of the molecule is N#Cc1c(NCCN)nc(NCCN)c(C#N)c1-c1ccccc1. The van der Waals surface area contributed by atoms with Crippen molar-refractivity contribution in [2.45, 2.75) is 0 Å². The Morgan fingerprint density at radius 1 is 0.875 bits per heavy atom. The van der Waals surface area contributed by atoms with Gasteiger partial charge in [-0.3, -0.25) is 0 Å². The summed E-state index contributed by atoms with van der Waals surface area (Å²) in [6, 6.07) is 13.6. The first-order valence-corrected chi connectivity index (χ1v) is 7.58. The Bertz CT molecular complexity index is 728. The first-order valence-electron chi connectivity index (χ1n) is 7.58. The molecule has 0 aliphatic carbocycles. The predicted octanol–water partition coefficient (Wildman–Crippen LogP) is 1.23. The topological polar surface area (TPSA) is 137 Å². The van der Waals surface area contributed by atoms with Gasteiger partial charge in [0.1, 0.15) is 34.9 Å². The molecule has 1 aromatic heterocycles. The first-order chi connectivity index (χ1) is 11.8. The van der Waals surface area contributed by atoms with Gasteiger partial charge < -0.3 is 22.1 Å². The van der Waals surface area contributed by atoms with Gasteiger partial charge >= 0.3 is 0 Å². The molecule has 0 bridgehead atoms. The maximum absolute atomic E-state index is 9.64. The van der Waals surface area contributed by atoms with Gasteiger partial charge in [-0.15, -0.1) is 0 Å². The first kappa shape index (κ1) is 17.2. The lowest BCUT2D eigenvalue weighted by Crippen LogP contribution is -2.18. The summed E-state index contributed by atoms with van der Waals surface area (Å²) >= 11 is 0. The minimum absolute atomic E-state index is 0.324. The standard InChI is InChI=1S/C17H19N7/c18-6-8-22-16-13(10-20)15(12-4-2-1-3-5-12)14(11-21)17(24-16)23-9-7-19/h1-5H,6-9,18-19H2,(H2,22,23,24). The van der Waals surface area contributed by atoms with E-state index in [2.05, 4.69) is 27.8 Å². The molecule has 7 nitrogen and oxygen atoms in total. The Morgan fingerprint density at radius 2 is 1.38 bits per heavy atom. The van der Waals surface area contributed by atoms with Gasteiger partial charge in [0.25, 0.3) is 0 Å². The molecule has 7 heteroatoms. The molecule has 0 atom stereocenters. The van der Waals surface area contributed by atoms with Gasteiger partial charge in [0.05, 0.1) is 0 Å². The third-order valence-electron chi connectivity index (χ3n) is 3.36. The molecule has 0 aliphatic heterocycles. The quantitative estimate of drug-likeness (QED) is 0.602. The van der Waals surface area contributed by atoms with Crippen LogP contribution in [-0.2, 0) is 0 Å². The second-order valence-electron chi connectivity index (χ2n) is 4.95. The summed E-state index contributed by atoms with van der Waals surface area (Å²) in [5, 5.41) is 25.4. The number of nitrogens with two attached hydrogens (primary N) is 2. The molecule has 0 amide bonds. The number of nitrogens with one attached hydrogen (secondary N) is 2. The highest BCUT2D eigenvalue weighted by Gasteiger charge is 2.20. The van der Waals surface area contributed by atoms with E-state index < -0.39 is 0 Å². The fourth-order valence-electron chi connectivity index (χ4n) is 2.33. The summed E-state index contributed by atoms with van der Waals surface area (Å²) in [6.07, 6.45) is 0. The van der Waals surface area contributed by atoms with Crippen molar-refractivity contribution in [3.63, 3.8) is 0 Å². The molecule has 2 aromatic rings. The van der Waals surface area contributed by atoms with Crippen LogP contribution in [0.25, 0.3) is 11.1 Å². The van der Waals surface area contributed by atoms with Gasteiger partial charge in [0.15, 0.2) is 0 Å². The van der Waals surface area contributed by atoms with Gasteiger partial charge in [-0.25, -0.2) is 4.98 Å². The van der Waals surface area contributed by atoms with Crippen LogP contribution in [0.15, 0.2) is 30.3 Å². The molecule has 1 aromatic carbocycles. The third kappa shape index (κ3) is 3.61. The van der Waals surface area contributed by atoms with Crippen LogP contribution in [0.2, 0.25) is 0 Å². The fraction of sp³-hybridized carbons (Fsp3) is 0.235. The summed E-state index contributed by atoms with van der Waals surface area (Å²) in [6.45, 7) is 1.74. The van der Waals surface area contributed by atoms with Crippen molar-refractivity contribution in [2.24, 2.45) is 11.5 Å². The number of pyridine rings is 1. The molecule has 0 unspecified atom stereocenters. The Hall–Kier alpha value is -3.13. The zero-order valence-corrected chi connectivity index (χ0v) is 13.2. The van der Waals surface area contributed by atoms with E-state index >= 15 is 0 Å². The number of rotatable bonds is 7. The molecule has 0 saturated heterocycles. The van der Waals surface area contributed by atoms with Crippen molar-refractivity contribution in [1.29, 1.82) is 10.5 Å². The van der Waals surface area contributed by atoms with E-state index in [0.717, 1.165) is 5.56 Å². The highest BCUT2D eigenvalue weighted by molar-refractivity contribution is 5.85. The molecular weight excluding hydrogens is 302 g/mol. The lowest BCUT2D eigenvalue weighted by atomic mass is 9.96. The number of nitrogens with zero attached hydrogens (tertiary/aromatic N) is 3. The van der Waals surface area contributed by atoms with E-state index in [9.17, 15) is 10.5 Å². The largest absolute Gasteiger partial charge is 0.368 e. The van der Waals surface area contributed by atoms with Crippen LogP contribution in [-0.4, -0.2) is 31.2 Å². The molecule has 24 heavy (non-hydrogen) atoms. The van der Waals surface area contributed by atoms with E-state index in [1.807, 2.05) is 30.3 Å². The fourth-order valence-corrected chi connectivity index (χ4v) is 2.33. The Labute approximate surface area is 140 Å². The maximum Gasteiger partial charge on any atom is 0.147 e. The Morgan fingerprint density at radius 3 is 1.79 bits per heavy atom. The van der Waals surface area contributed by atoms with Crippen LogP contribution in [0.4, 0.5) is 11.6 Å². The molecular formula is C17H19N7. The molecule has 122 valence electrons. The van der Waals surface area contributed by atoms with E-state index in [-0.39, 0.29) is 0 Å². The second kappa shape index (κ2) is 8.49. The van der Waals surface area contributed by atoms with Crippen molar-refractivity contribution in [3.8, 4) is 23.3 Å². The summed E-state index contributed by atoms with van der Waals surface area (Å²) in [5.41, 5.74) is 13.0. The zero-order chi connectivity index (χ0) is 17.4. The van der Waals surface area contributed by atoms with E-state index in [1.54, 1.807) is 0 Å². The highest BCUT2D eigenvalue weighted by atomic mass is 15.1. The summed E-state index contributed by atoms with van der Waals surface area (Å²) in [4.78, 5) is 4.40. The zero-order valence-electron chi connectivity index (χ0n) is 13.2. The smallest absolute Gasteiger partial charge is 0.147 e. The van der Waals surface area contributed by atoms with Gasteiger partial charge in [-0.05, 0) is 5.56 Å². The van der Waals surface area contributed by atoms with Crippen molar-refractivity contribution in [1.82, 2.24) is 4.98 Å². The average Bonchev–Trinajstić information content (AvgIpc) is 2.64. The predicted molar refractivity (Wildman–Crippen MR) is 94.2 cm³/mol. The van der Waals surface area contributed by atoms with E-state index in [4.69, 9.17) is 11.5 Å². The highest BCUT2D eigenvalue weighted by Crippen LogP contribution is 2.34. The van der Waals surface area contributed by atoms with Crippen molar-refractivity contribution < 1.29 is 0 Å². The normalized spacial score (nSPS) is 9.83. The van der Waals surface area contributed by atoms with Crippen LogP contribution in [0.5, 0.6) is 0 Å². The molecule has 0 saturated carbocycles. The molecule has 0 fully saturated rings. The summed E-state index contributed by atoms with van der Waals surface area (Å²) < 4.78 is 0. The number of nitriles is 2. The number of hydrogen-bond acceptors (Lipinski definition) is 7. The molecule has 6 N–H and O–H groups in total. The molecule has 1 heterocycles. The van der Waals surface area contributed by atoms with Crippen molar-refractivity contribution in [2.75, 3.05) is 36.8 Å². The lowest BCUT2D eigenvalue weighted by Gasteiger charge is -2.16. The monoisotopic (exact) mass is 321 g/mol. The van der Waals surface area contributed by atoms with Crippen LogP contribution >= 0.6 is 0 Å². The van der Waals surface area contributed by atoms with Gasteiger partial charge in [0.2, 0.25) is 0 Å². The number of aromatic nitrogens is 1. The van der Waals surface area contributed by atoms with Crippen LogP contribution in [0.1, 0.15) is 11.1 Å². The number of hydrogen-bond donors (Lipinski definition) is 4. The maximum atomic E-state index is 9.64. The second-order valence-corrected chi connectivity index (χ2v) is 4.95. The van der Waals surface area contributed by atoms with Gasteiger partial charge in [-0.1, -0.05) is 30.3 Å². The molecule has 0 aliphatic rings. The van der Waals surface area contributed by atoms with E-state index in [1.165, 1.54) is 0 Å². The van der Waals surface area contributed by atoms with Gasteiger partial charge in [-0.2, -0.15) is 10.5 Å². The van der Waals surface area contributed by atoms with Crippen LogP contribution < -0.4 is 22.1 Å². The molecule has 0 radical (unpaired) electrons. The minimum atomic E-state index is 0.324. The Kier molecular flexibility index (Phi) is 6.09. The molecule has 0 spiro atoms. The molecule has 2 rings (SSSR count). The van der Waals surface area contributed by atoms with E-state index in [0.29, 0.717) is 54.5 Å². The average molecular weight is 321 g/mol.